The first kappa shape index (κ1) is 15.8. The minimum atomic E-state index is -4.11. The summed E-state index contributed by atoms with van der Waals surface area (Å²) in [4.78, 5) is 0. The van der Waals surface area contributed by atoms with Crippen molar-refractivity contribution in [3.63, 3.8) is 0 Å². The van der Waals surface area contributed by atoms with E-state index in [0.717, 1.165) is 11.1 Å². The molecule has 1 aromatic carbocycles. The molecule has 2 nitrogen and oxygen atoms in total. The molecular weight excluding hydrogens is 255 g/mol. The summed E-state index contributed by atoms with van der Waals surface area (Å²) < 4.78 is 41.6. The van der Waals surface area contributed by atoms with Gasteiger partial charge in [-0.25, -0.2) is 0 Å². The number of halogens is 3. The minimum absolute atomic E-state index is 0.0230. The van der Waals surface area contributed by atoms with Gasteiger partial charge in [-0.05, 0) is 38.9 Å². The molecule has 0 bridgehead atoms. The zero-order valence-electron chi connectivity index (χ0n) is 11.5. The Labute approximate surface area is 112 Å². The van der Waals surface area contributed by atoms with Crippen molar-refractivity contribution in [1.82, 2.24) is 5.32 Å². The van der Waals surface area contributed by atoms with Crippen LogP contribution in [0.3, 0.4) is 0 Å². The van der Waals surface area contributed by atoms with Crippen molar-refractivity contribution < 1.29 is 17.9 Å². The van der Waals surface area contributed by atoms with Crippen molar-refractivity contribution >= 4 is 0 Å². The van der Waals surface area contributed by atoms with Gasteiger partial charge in [0.05, 0.1) is 6.61 Å². The third-order valence-electron chi connectivity index (χ3n) is 2.93. The molecule has 108 valence electrons. The van der Waals surface area contributed by atoms with Gasteiger partial charge in [-0.15, -0.1) is 0 Å². The summed E-state index contributed by atoms with van der Waals surface area (Å²) in [6, 6.07) is 5.86. The molecule has 5 heteroatoms. The number of rotatable bonds is 6. The maximum atomic E-state index is 12.0. The minimum Gasteiger partial charge on any atom is -0.493 e. The van der Waals surface area contributed by atoms with Crippen molar-refractivity contribution in [3.8, 4) is 5.75 Å². The van der Waals surface area contributed by atoms with E-state index in [2.05, 4.69) is 5.32 Å². The first-order chi connectivity index (χ1) is 8.83. The zero-order valence-corrected chi connectivity index (χ0v) is 11.5. The highest BCUT2D eigenvalue weighted by Gasteiger charge is 2.26. The fraction of sp³-hybridized carbons (Fsp3) is 0.571. The van der Waals surface area contributed by atoms with Gasteiger partial charge >= 0.3 is 6.18 Å². The number of aryl methyl sites for hydroxylation is 1. The van der Waals surface area contributed by atoms with E-state index in [-0.39, 0.29) is 19.1 Å². The Morgan fingerprint density at radius 3 is 2.58 bits per heavy atom. The van der Waals surface area contributed by atoms with Gasteiger partial charge < -0.3 is 10.1 Å². The number of benzene rings is 1. The van der Waals surface area contributed by atoms with Gasteiger partial charge in [-0.2, -0.15) is 13.2 Å². The Morgan fingerprint density at radius 1 is 1.32 bits per heavy atom. The standard InChI is InChI=1S/C14H20F3NO/c1-10-5-6-12(11(2)18-3)13(9-10)19-8-4-7-14(15,16)17/h5-6,9,11,18H,4,7-8H2,1-3H3. The predicted octanol–water partition coefficient (Wildman–Crippen LogP) is 4.00. The molecule has 0 spiro atoms. The maximum absolute atomic E-state index is 12.0. The van der Waals surface area contributed by atoms with Crippen LogP contribution in [0.5, 0.6) is 5.75 Å². The van der Waals surface area contributed by atoms with Crippen LogP contribution in [0.2, 0.25) is 0 Å². The number of hydrogen-bond donors (Lipinski definition) is 1. The summed E-state index contributed by atoms with van der Waals surface area (Å²) in [5, 5.41) is 3.10. The van der Waals surface area contributed by atoms with Gasteiger partial charge in [0.15, 0.2) is 0 Å². The van der Waals surface area contributed by atoms with Gasteiger partial charge in [0.25, 0.3) is 0 Å². The van der Waals surface area contributed by atoms with E-state index in [9.17, 15) is 13.2 Å². The predicted molar refractivity (Wildman–Crippen MR) is 69.4 cm³/mol. The smallest absolute Gasteiger partial charge is 0.389 e. The Bertz CT molecular complexity index is 404. The molecule has 1 N–H and O–H groups in total. The average molecular weight is 275 g/mol. The van der Waals surface area contributed by atoms with Crippen molar-refractivity contribution in [2.45, 2.75) is 38.9 Å². The van der Waals surface area contributed by atoms with Crippen LogP contribution in [0.25, 0.3) is 0 Å². The molecule has 0 radical (unpaired) electrons. The van der Waals surface area contributed by atoms with Gasteiger partial charge in [0, 0.05) is 18.0 Å². The van der Waals surface area contributed by atoms with E-state index in [1.54, 1.807) is 0 Å². The molecule has 1 unspecified atom stereocenters. The fourth-order valence-electron chi connectivity index (χ4n) is 1.73. The Balaban J connectivity index is 2.63. The summed E-state index contributed by atoms with van der Waals surface area (Å²) in [5.41, 5.74) is 1.98. The van der Waals surface area contributed by atoms with Gasteiger partial charge in [0.1, 0.15) is 5.75 Å². The fourth-order valence-corrected chi connectivity index (χ4v) is 1.73. The van der Waals surface area contributed by atoms with Gasteiger partial charge in [0.2, 0.25) is 0 Å². The Kier molecular flexibility index (Phi) is 5.66. The van der Waals surface area contributed by atoms with E-state index >= 15 is 0 Å². The molecule has 0 saturated carbocycles. The molecule has 0 aliphatic rings. The van der Waals surface area contributed by atoms with Gasteiger partial charge in [-0.3, -0.25) is 0 Å². The highest BCUT2D eigenvalue weighted by atomic mass is 19.4. The summed E-state index contributed by atoms with van der Waals surface area (Å²) in [6.45, 7) is 3.98. The molecule has 0 fully saturated rings. The topological polar surface area (TPSA) is 21.3 Å². The second-order valence-electron chi connectivity index (χ2n) is 4.62. The number of hydrogen-bond acceptors (Lipinski definition) is 2. The lowest BCUT2D eigenvalue weighted by atomic mass is 10.1. The number of ether oxygens (including phenoxy) is 1. The van der Waals surface area contributed by atoms with Crippen LogP contribution >= 0.6 is 0 Å². The summed E-state index contributed by atoms with van der Waals surface area (Å²) in [5.74, 6) is 0.657. The van der Waals surface area contributed by atoms with Crippen molar-refractivity contribution in [2.24, 2.45) is 0 Å². The summed E-state index contributed by atoms with van der Waals surface area (Å²) in [6.07, 6.45) is -4.95. The molecule has 0 aliphatic heterocycles. The highest BCUT2D eigenvalue weighted by Crippen LogP contribution is 2.27. The van der Waals surface area contributed by atoms with E-state index in [4.69, 9.17) is 4.74 Å². The van der Waals surface area contributed by atoms with Crippen LogP contribution < -0.4 is 10.1 Å². The molecule has 1 rings (SSSR count). The first-order valence-electron chi connectivity index (χ1n) is 6.31. The SMILES string of the molecule is CNC(C)c1ccc(C)cc1OCCCC(F)(F)F. The largest absolute Gasteiger partial charge is 0.493 e. The van der Waals surface area contributed by atoms with Crippen LogP contribution in [0, 0.1) is 6.92 Å². The summed E-state index contributed by atoms with van der Waals surface area (Å²) >= 11 is 0. The van der Waals surface area contributed by atoms with E-state index in [1.165, 1.54) is 0 Å². The van der Waals surface area contributed by atoms with Crippen LogP contribution in [0.15, 0.2) is 18.2 Å². The normalized spacial score (nSPS) is 13.4. The van der Waals surface area contributed by atoms with E-state index < -0.39 is 12.6 Å². The molecular formula is C14H20F3NO. The Morgan fingerprint density at radius 2 is 2.00 bits per heavy atom. The summed E-state index contributed by atoms with van der Waals surface area (Å²) in [7, 11) is 1.83. The highest BCUT2D eigenvalue weighted by molar-refractivity contribution is 5.39. The second kappa shape index (κ2) is 6.80. The third kappa shape index (κ3) is 5.51. The molecule has 0 aliphatic carbocycles. The quantitative estimate of drug-likeness (QED) is 0.792. The molecule has 0 aromatic heterocycles. The molecule has 19 heavy (non-hydrogen) atoms. The van der Waals surface area contributed by atoms with Crippen LogP contribution in [0.1, 0.15) is 36.9 Å². The van der Waals surface area contributed by atoms with E-state index in [0.29, 0.717) is 5.75 Å². The third-order valence-corrected chi connectivity index (χ3v) is 2.93. The molecule has 0 heterocycles. The van der Waals surface area contributed by atoms with Crippen molar-refractivity contribution in [3.05, 3.63) is 29.3 Å². The second-order valence-corrected chi connectivity index (χ2v) is 4.62. The lowest BCUT2D eigenvalue weighted by molar-refractivity contribution is -0.136. The van der Waals surface area contributed by atoms with Crippen molar-refractivity contribution in [2.75, 3.05) is 13.7 Å². The molecule has 0 amide bonds. The zero-order chi connectivity index (χ0) is 14.5. The first-order valence-corrected chi connectivity index (χ1v) is 6.31. The van der Waals surface area contributed by atoms with E-state index in [1.807, 2.05) is 39.1 Å². The molecule has 1 atom stereocenters. The molecule has 0 saturated heterocycles. The average Bonchev–Trinajstić information content (AvgIpc) is 2.33. The van der Waals surface area contributed by atoms with Crippen LogP contribution in [-0.2, 0) is 0 Å². The van der Waals surface area contributed by atoms with Crippen LogP contribution in [0.4, 0.5) is 13.2 Å². The van der Waals surface area contributed by atoms with Crippen LogP contribution in [-0.4, -0.2) is 19.8 Å². The number of nitrogens with one attached hydrogen (secondary N) is 1. The van der Waals surface area contributed by atoms with Crippen molar-refractivity contribution in [1.29, 1.82) is 0 Å². The Hall–Kier alpha value is -1.23. The number of alkyl halides is 3. The monoisotopic (exact) mass is 275 g/mol. The van der Waals surface area contributed by atoms with Gasteiger partial charge in [-0.1, -0.05) is 12.1 Å². The lowest BCUT2D eigenvalue weighted by Crippen LogP contribution is -2.15. The lowest BCUT2D eigenvalue weighted by Gasteiger charge is -2.17. The maximum Gasteiger partial charge on any atom is 0.389 e. The molecule has 1 aromatic rings.